The van der Waals surface area contributed by atoms with Crippen LogP contribution in [0, 0.1) is 5.92 Å². The Kier molecular flexibility index (Phi) is 4.83. The fourth-order valence-electron chi connectivity index (χ4n) is 2.25. The minimum Gasteiger partial charge on any atom is -0.479 e. The fraction of sp³-hybridized carbons (Fsp3) is 0.500. The fourth-order valence-corrected chi connectivity index (χ4v) is 2.25. The molecule has 0 spiro atoms. The number of nitrogens with zero attached hydrogens (tertiary/aromatic N) is 1. The molecule has 0 saturated heterocycles. The summed E-state index contributed by atoms with van der Waals surface area (Å²) in [6.45, 7) is 4.59. The third-order valence-electron chi connectivity index (χ3n) is 3.68. The first kappa shape index (κ1) is 15.4. The molecule has 0 aliphatic heterocycles. The van der Waals surface area contributed by atoms with Crippen molar-refractivity contribution >= 4 is 12.0 Å². The van der Waals surface area contributed by atoms with Crippen LogP contribution in [0.25, 0.3) is 0 Å². The van der Waals surface area contributed by atoms with Gasteiger partial charge >= 0.3 is 12.0 Å². The van der Waals surface area contributed by atoms with E-state index in [0.29, 0.717) is 18.0 Å². The molecule has 0 bridgehead atoms. The number of hydrogen-bond donors (Lipinski definition) is 2. The van der Waals surface area contributed by atoms with Gasteiger partial charge in [-0.25, -0.2) is 9.59 Å². The summed E-state index contributed by atoms with van der Waals surface area (Å²) in [5.74, 6) is -0.483. The number of carbonyl (C=O) groups is 2. The van der Waals surface area contributed by atoms with Crippen LogP contribution in [0.15, 0.2) is 30.3 Å². The number of carboxylic acid groups (broad SMARTS) is 1. The van der Waals surface area contributed by atoms with Gasteiger partial charge in [-0.15, -0.1) is 0 Å². The number of amides is 2. The number of carbonyl (C=O) groups excluding carboxylic acids is 1. The largest absolute Gasteiger partial charge is 0.479 e. The van der Waals surface area contributed by atoms with Crippen LogP contribution in [-0.4, -0.2) is 34.6 Å². The van der Waals surface area contributed by atoms with Crippen LogP contribution in [0.4, 0.5) is 4.79 Å². The van der Waals surface area contributed by atoms with E-state index in [1.807, 2.05) is 19.9 Å². The molecule has 2 N–H and O–H groups in total. The van der Waals surface area contributed by atoms with Gasteiger partial charge in [-0.1, -0.05) is 30.3 Å². The molecule has 1 atom stereocenters. The molecule has 1 saturated carbocycles. The van der Waals surface area contributed by atoms with Crippen molar-refractivity contribution in [1.29, 1.82) is 0 Å². The third kappa shape index (κ3) is 4.21. The summed E-state index contributed by atoms with van der Waals surface area (Å²) in [4.78, 5) is 25.5. The Morgan fingerprint density at radius 3 is 2.38 bits per heavy atom. The van der Waals surface area contributed by atoms with Crippen LogP contribution in [0.1, 0.15) is 38.3 Å². The second-order valence-electron chi connectivity index (χ2n) is 5.82. The van der Waals surface area contributed by atoms with Gasteiger partial charge in [0.05, 0.1) is 0 Å². The van der Waals surface area contributed by atoms with Crippen molar-refractivity contribution in [2.45, 2.75) is 38.8 Å². The standard InChI is InChI=1S/C16H22N2O3/c1-11(2)18(10-12-8-9-12)16(21)17-14(15(19)20)13-6-4-3-5-7-13/h3-7,11-12,14H,8-10H2,1-2H3,(H,17,21)(H,19,20). The van der Waals surface area contributed by atoms with Gasteiger partial charge in [0.2, 0.25) is 0 Å². The SMILES string of the molecule is CC(C)N(CC1CC1)C(=O)NC(C(=O)O)c1ccccc1. The molecule has 0 aromatic heterocycles. The van der Waals surface area contributed by atoms with Crippen molar-refractivity contribution in [1.82, 2.24) is 10.2 Å². The van der Waals surface area contributed by atoms with Gasteiger partial charge in [0, 0.05) is 12.6 Å². The molecule has 5 nitrogen and oxygen atoms in total. The van der Waals surface area contributed by atoms with Crippen LogP contribution in [0.5, 0.6) is 0 Å². The maximum absolute atomic E-state index is 12.4. The molecule has 21 heavy (non-hydrogen) atoms. The molecule has 1 unspecified atom stereocenters. The number of benzene rings is 1. The topological polar surface area (TPSA) is 69.6 Å². The summed E-state index contributed by atoms with van der Waals surface area (Å²) < 4.78 is 0. The number of aliphatic carboxylic acids is 1. The van der Waals surface area contributed by atoms with Gasteiger partial charge in [-0.05, 0) is 38.2 Å². The molecule has 114 valence electrons. The number of urea groups is 1. The average molecular weight is 290 g/mol. The van der Waals surface area contributed by atoms with E-state index >= 15 is 0 Å². The molecule has 0 heterocycles. The lowest BCUT2D eigenvalue weighted by Crippen LogP contribution is -2.47. The highest BCUT2D eigenvalue weighted by Gasteiger charge is 2.30. The smallest absolute Gasteiger partial charge is 0.330 e. The van der Waals surface area contributed by atoms with E-state index in [4.69, 9.17) is 0 Å². The van der Waals surface area contributed by atoms with E-state index in [1.54, 1.807) is 29.2 Å². The number of nitrogens with one attached hydrogen (secondary N) is 1. The first-order chi connectivity index (χ1) is 9.99. The first-order valence-corrected chi connectivity index (χ1v) is 7.34. The minimum absolute atomic E-state index is 0.0517. The lowest BCUT2D eigenvalue weighted by molar-refractivity contribution is -0.139. The Balaban J connectivity index is 2.08. The zero-order valence-corrected chi connectivity index (χ0v) is 12.5. The number of rotatable bonds is 6. The average Bonchev–Trinajstić information content (AvgIpc) is 3.26. The molecule has 2 amide bonds. The van der Waals surface area contributed by atoms with E-state index in [2.05, 4.69) is 5.32 Å². The molecule has 1 fully saturated rings. The van der Waals surface area contributed by atoms with Crippen LogP contribution in [-0.2, 0) is 4.79 Å². The van der Waals surface area contributed by atoms with Gasteiger partial charge in [0.25, 0.3) is 0 Å². The van der Waals surface area contributed by atoms with E-state index < -0.39 is 12.0 Å². The summed E-state index contributed by atoms with van der Waals surface area (Å²) in [5.41, 5.74) is 0.577. The zero-order chi connectivity index (χ0) is 15.4. The molecule has 2 rings (SSSR count). The number of carboxylic acids is 1. The predicted octanol–water partition coefficient (Wildman–Crippen LogP) is 2.64. The first-order valence-electron chi connectivity index (χ1n) is 7.34. The molecule has 0 radical (unpaired) electrons. The van der Waals surface area contributed by atoms with Gasteiger partial charge < -0.3 is 15.3 Å². The summed E-state index contributed by atoms with van der Waals surface area (Å²) in [6.07, 6.45) is 2.30. The van der Waals surface area contributed by atoms with Crippen molar-refractivity contribution in [3.63, 3.8) is 0 Å². The Morgan fingerprint density at radius 1 is 1.29 bits per heavy atom. The van der Waals surface area contributed by atoms with Crippen molar-refractivity contribution in [3.8, 4) is 0 Å². The lowest BCUT2D eigenvalue weighted by atomic mass is 10.1. The summed E-state index contributed by atoms with van der Waals surface area (Å²) in [6, 6.07) is 7.49. The van der Waals surface area contributed by atoms with Crippen LogP contribution < -0.4 is 5.32 Å². The van der Waals surface area contributed by atoms with Crippen molar-refractivity contribution in [2.75, 3.05) is 6.54 Å². The second-order valence-corrected chi connectivity index (χ2v) is 5.82. The second kappa shape index (κ2) is 6.61. The Hall–Kier alpha value is -2.04. The van der Waals surface area contributed by atoms with Gasteiger partial charge in [0.1, 0.15) is 0 Å². The monoisotopic (exact) mass is 290 g/mol. The minimum atomic E-state index is -1.05. The highest BCUT2D eigenvalue weighted by Crippen LogP contribution is 2.30. The summed E-state index contributed by atoms with van der Waals surface area (Å²) in [7, 11) is 0. The van der Waals surface area contributed by atoms with Crippen molar-refractivity contribution in [2.24, 2.45) is 5.92 Å². The Bertz CT molecular complexity index is 498. The lowest BCUT2D eigenvalue weighted by Gasteiger charge is -2.28. The van der Waals surface area contributed by atoms with Gasteiger partial charge in [-0.2, -0.15) is 0 Å². The van der Waals surface area contributed by atoms with E-state index in [9.17, 15) is 14.7 Å². The van der Waals surface area contributed by atoms with E-state index in [0.717, 1.165) is 12.8 Å². The van der Waals surface area contributed by atoms with E-state index in [-0.39, 0.29) is 12.1 Å². The maximum Gasteiger partial charge on any atom is 0.330 e. The quantitative estimate of drug-likeness (QED) is 0.846. The van der Waals surface area contributed by atoms with Crippen molar-refractivity contribution < 1.29 is 14.7 Å². The number of hydrogen-bond acceptors (Lipinski definition) is 2. The zero-order valence-electron chi connectivity index (χ0n) is 12.5. The normalized spacial score (nSPS) is 15.6. The molecule has 1 aromatic rings. The third-order valence-corrected chi connectivity index (χ3v) is 3.68. The van der Waals surface area contributed by atoms with Gasteiger partial charge in [0.15, 0.2) is 6.04 Å². The molecule has 1 aliphatic carbocycles. The summed E-state index contributed by atoms with van der Waals surface area (Å²) in [5, 5.41) is 12.0. The van der Waals surface area contributed by atoms with Crippen LogP contribution >= 0.6 is 0 Å². The summed E-state index contributed by atoms with van der Waals surface area (Å²) >= 11 is 0. The molecular weight excluding hydrogens is 268 g/mol. The molecule has 5 heteroatoms. The molecular formula is C16H22N2O3. The highest BCUT2D eigenvalue weighted by molar-refractivity contribution is 5.83. The van der Waals surface area contributed by atoms with Crippen molar-refractivity contribution in [3.05, 3.63) is 35.9 Å². The van der Waals surface area contributed by atoms with E-state index in [1.165, 1.54) is 0 Å². The van der Waals surface area contributed by atoms with Crippen LogP contribution in [0.2, 0.25) is 0 Å². The van der Waals surface area contributed by atoms with Gasteiger partial charge in [-0.3, -0.25) is 0 Å². The molecule has 1 aromatic carbocycles. The Labute approximate surface area is 125 Å². The highest BCUT2D eigenvalue weighted by atomic mass is 16.4. The predicted molar refractivity (Wildman–Crippen MR) is 79.9 cm³/mol. The Morgan fingerprint density at radius 2 is 1.90 bits per heavy atom. The molecule has 1 aliphatic rings. The van der Waals surface area contributed by atoms with Crippen LogP contribution in [0.3, 0.4) is 0 Å². The maximum atomic E-state index is 12.4.